The summed E-state index contributed by atoms with van der Waals surface area (Å²) in [4.78, 5) is 51.9. The molecule has 0 radical (unpaired) electrons. The van der Waals surface area contributed by atoms with Gasteiger partial charge in [0, 0.05) is 22.3 Å². The third-order valence-electron chi connectivity index (χ3n) is 4.71. The quantitative estimate of drug-likeness (QED) is 0.386. The summed E-state index contributed by atoms with van der Waals surface area (Å²) in [7, 11) is 0. The van der Waals surface area contributed by atoms with Crippen LogP contribution in [0.25, 0.3) is 0 Å². The summed E-state index contributed by atoms with van der Waals surface area (Å²) in [6.45, 7) is 3.41. The fourth-order valence-electron chi connectivity index (χ4n) is 3.22. The molecule has 6 heteroatoms. The Balaban J connectivity index is 2.27. The van der Waals surface area contributed by atoms with Gasteiger partial charge in [0.05, 0.1) is 24.3 Å². The minimum absolute atomic E-state index is 0.00107. The van der Waals surface area contributed by atoms with Crippen molar-refractivity contribution >= 4 is 23.5 Å². The van der Waals surface area contributed by atoms with E-state index in [4.69, 9.17) is 9.47 Å². The Labute approximate surface area is 185 Å². The molecule has 162 valence electrons. The van der Waals surface area contributed by atoms with E-state index in [1.54, 1.807) is 74.5 Å². The molecule has 0 N–H and O–H groups in total. The molecule has 32 heavy (non-hydrogen) atoms. The Bertz CT molecular complexity index is 1060. The van der Waals surface area contributed by atoms with Crippen LogP contribution in [-0.2, 0) is 9.47 Å². The van der Waals surface area contributed by atoms with Gasteiger partial charge in [-0.25, -0.2) is 9.59 Å². The molecule has 3 rings (SSSR count). The number of carbonyl (C=O) groups is 4. The second kappa shape index (κ2) is 10.3. The zero-order chi connectivity index (χ0) is 23.1. The maximum Gasteiger partial charge on any atom is 0.339 e. The Hall–Kier alpha value is -4.06. The first kappa shape index (κ1) is 22.6. The third-order valence-corrected chi connectivity index (χ3v) is 4.71. The number of rotatable bonds is 8. The van der Waals surface area contributed by atoms with Gasteiger partial charge < -0.3 is 9.47 Å². The van der Waals surface area contributed by atoms with Crippen molar-refractivity contribution in [2.75, 3.05) is 13.2 Å². The van der Waals surface area contributed by atoms with E-state index in [1.807, 2.05) is 0 Å². The molecule has 0 amide bonds. The van der Waals surface area contributed by atoms with E-state index < -0.39 is 23.5 Å². The molecule has 6 nitrogen and oxygen atoms in total. The van der Waals surface area contributed by atoms with Gasteiger partial charge in [0.2, 0.25) is 0 Å². The Morgan fingerprint density at radius 2 is 0.906 bits per heavy atom. The lowest BCUT2D eigenvalue weighted by molar-refractivity contribution is 0.0478. The Kier molecular flexibility index (Phi) is 7.29. The van der Waals surface area contributed by atoms with Crippen LogP contribution < -0.4 is 0 Å². The van der Waals surface area contributed by atoms with Crippen LogP contribution in [0.15, 0.2) is 72.8 Å². The second-order valence-corrected chi connectivity index (χ2v) is 6.77. The molecule has 0 unspecified atom stereocenters. The van der Waals surface area contributed by atoms with Crippen LogP contribution in [-0.4, -0.2) is 36.7 Å². The summed E-state index contributed by atoms with van der Waals surface area (Å²) in [6, 6.07) is 19.3. The second-order valence-electron chi connectivity index (χ2n) is 6.77. The molecule has 3 aromatic carbocycles. The van der Waals surface area contributed by atoms with Crippen molar-refractivity contribution in [1.29, 1.82) is 0 Å². The summed E-state index contributed by atoms with van der Waals surface area (Å²) < 4.78 is 10.2. The summed E-state index contributed by atoms with van der Waals surface area (Å²) in [5.74, 6) is -2.47. The molecule has 0 aliphatic heterocycles. The molecule has 0 spiro atoms. The summed E-state index contributed by atoms with van der Waals surface area (Å²) in [5.41, 5.74) is 0.423. The Morgan fingerprint density at radius 3 is 1.22 bits per heavy atom. The van der Waals surface area contributed by atoms with Crippen LogP contribution in [0.2, 0.25) is 0 Å². The average molecular weight is 430 g/mol. The summed E-state index contributed by atoms with van der Waals surface area (Å²) >= 11 is 0. The highest BCUT2D eigenvalue weighted by Gasteiger charge is 2.28. The van der Waals surface area contributed by atoms with E-state index in [1.165, 1.54) is 12.1 Å². The number of benzene rings is 3. The van der Waals surface area contributed by atoms with Crippen LogP contribution in [0.5, 0.6) is 0 Å². The lowest BCUT2D eigenvalue weighted by Gasteiger charge is -2.14. The highest BCUT2D eigenvalue weighted by molar-refractivity contribution is 6.21. The van der Waals surface area contributed by atoms with E-state index >= 15 is 0 Å². The summed E-state index contributed by atoms with van der Waals surface area (Å²) in [5, 5.41) is 0. The van der Waals surface area contributed by atoms with Crippen molar-refractivity contribution in [3.63, 3.8) is 0 Å². The molecule has 0 atom stereocenters. The number of ether oxygens (including phenoxy) is 2. The molecular formula is C26H22O6. The van der Waals surface area contributed by atoms with Crippen molar-refractivity contribution in [1.82, 2.24) is 0 Å². The molecule has 0 saturated carbocycles. The Morgan fingerprint density at radius 1 is 0.562 bits per heavy atom. The molecule has 0 aliphatic carbocycles. The lowest BCUT2D eigenvalue weighted by atomic mass is 9.89. The van der Waals surface area contributed by atoms with Crippen molar-refractivity contribution in [2.45, 2.75) is 13.8 Å². The number of hydrogen-bond acceptors (Lipinski definition) is 6. The monoisotopic (exact) mass is 430 g/mol. The van der Waals surface area contributed by atoms with E-state index in [0.717, 1.165) is 0 Å². The van der Waals surface area contributed by atoms with E-state index in [9.17, 15) is 19.2 Å². The average Bonchev–Trinajstić information content (AvgIpc) is 2.83. The fourth-order valence-corrected chi connectivity index (χ4v) is 3.22. The van der Waals surface area contributed by atoms with Gasteiger partial charge in [-0.2, -0.15) is 0 Å². The number of esters is 2. The van der Waals surface area contributed by atoms with E-state index in [0.29, 0.717) is 11.1 Å². The highest BCUT2D eigenvalue weighted by atomic mass is 16.5. The lowest BCUT2D eigenvalue weighted by Crippen LogP contribution is -2.19. The van der Waals surface area contributed by atoms with Crippen LogP contribution in [0.4, 0.5) is 0 Å². The van der Waals surface area contributed by atoms with Crippen molar-refractivity contribution in [3.8, 4) is 0 Å². The highest BCUT2D eigenvalue weighted by Crippen LogP contribution is 2.25. The van der Waals surface area contributed by atoms with Gasteiger partial charge in [-0.1, -0.05) is 60.7 Å². The van der Waals surface area contributed by atoms with Crippen LogP contribution in [0.1, 0.15) is 66.4 Å². The third kappa shape index (κ3) is 4.81. The van der Waals surface area contributed by atoms with Gasteiger partial charge in [-0.3, -0.25) is 9.59 Å². The molecule has 0 fully saturated rings. The van der Waals surface area contributed by atoms with Gasteiger partial charge in [0.15, 0.2) is 11.6 Å². The molecule has 3 aromatic rings. The maximum atomic E-state index is 13.3. The predicted molar refractivity (Wildman–Crippen MR) is 118 cm³/mol. The van der Waals surface area contributed by atoms with E-state index in [-0.39, 0.29) is 35.5 Å². The fraction of sp³-hybridized carbons (Fsp3) is 0.154. The maximum absolute atomic E-state index is 13.3. The van der Waals surface area contributed by atoms with Gasteiger partial charge in [-0.15, -0.1) is 0 Å². The first-order chi connectivity index (χ1) is 15.5. The standard InChI is InChI=1S/C26H22O6/c1-3-31-25(29)21-15-19(23(27)17-11-7-5-8-12-17)20(16-22(21)26(30)32-4-2)24(28)18-13-9-6-10-14-18/h5-16H,3-4H2,1-2H3. The number of carbonyl (C=O) groups excluding carboxylic acids is 4. The first-order valence-electron chi connectivity index (χ1n) is 10.2. The smallest absolute Gasteiger partial charge is 0.339 e. The van der Waals surface area contributed by atoms with Gasteiger partial charge >= 0.3 is 11.9 Å². The molecule has 0 aromatic heterocycles. The van der Waals surface area contributed by atoms with Gasteiger partial charge in [-0.05, 0) is 26.0 Å². The number of hydrogen-bond donors (Lipinski definition) is 0. The minimum atomic E-state index is -0.781. The van der Waals surface area contributed by atoms with Crippen molar-refractivity contribution in [2.24, 2.45) is 0 Å². The molecular weight excluding hydrogens is 408 g/mol. The topological polar surface area (TPSA) is 86.7 Å². The molecule has 0 heterocycles. The van der Waals surface area contributed by atoms with Gasteiger partial charge in [0.1, 0.15) is 0 Å². The largest absolute Gasteiger partial charge is 0.462 e. The van der Waals surface area contributed by atoms with Crippen molar-refractivity contribution < 1.29 is 28.7 Å². The van der Waals surface area contributed by atoms with Crippen LogP contribution in [0, 0.1) is 0 Å². The zero-order valence-corrected chi connectivity index (χ0v) is 17.8. The first-order valence-corrected chi connectivity index (χ1v) is 10.2. The normalized spacial score (nSPS) is 10.3. The minimum Gasteiger partial charge on any atom is -0.462 e. The van der Waals surface area contributed by atoms with Crippen molar-refractivity contribution in [3.05, 3.63) is 106 Å². The SMILES string of the molecule is CCOC(=O)c1cc(C(=O)c2ccccc2)c(C(=O)c2ccccc2)cc1C(=O)OCC. The molecule has 0 bridgehead atoms. The van der Waals surface area contributed by atoms with Crippen LogP contribution >= 0.6 is 0 Å². The van der Waals surface area contributed by atoms with E-state index in [2.05, 4.69) is 0 Å². The van der Waals surface area contributed by atoms with Gasteiger partial charge in [0.25, 0.3) is 0 Å². The predicted octanol–water partition coefficient (Wildman–Crippen LogP) is 4.50. The van der Waals surface area contributed by atoms with Crippen LogP contribution in [0.3, 0.4) is 0 Å². The molecule has 0 aliphatic rings. The summed E-state index contributed by atoms with van der Waals surface area (Å²) in [6.07, 6.45) is 0. The number of ketones is 2. The zero-order valence-electron chi connectivity index (χ0n) is 17.8. The molecule has 0 saturated heterocycles.